The molecular formula is C12H27BN2. The molecule has 0 unspecified atom stereocenters. The highest BCUT2D eigenvalue weighted by Gasteiger charge is 2.12. The van der Waals surface area contributed by atoms with Gasteiger partial charge in [0.15, 0.2) is 7.98 Å². The third-order valence-corrected chi connectivity index (χ3v) is 3.42. The minimum absolute atomic E-state index is 1.26. The first-order valence-corrected chi connectivity index (χ1v) is 6.74. The molecule has 2 nitrogen and oxygen atoms in total. The van der Waals surface area contributed by atoms with Gasteiger partial charge in [0.2, 0.25) is 0 Å². The molecule has 1 fully saturated rings. The quantitative estimate of drug-likeness (QED) is 0.464. The molecule has 3 heteroatoms. The zero-order chi connectivity index (χ0) is 10.9. The molecule has 0 N–H and O–H groups in total. The van der Waals surface area contributed by atoms with Crippen LogP contribution in [0.25, 0.3) is 0 Å². The number of nitrogens with zero attached hydrogens (tertiary/aromatic N) is 2. The number of piperazine rings is 1. The Morgan fingerprint density at radius 2 is 1.47 bits per heavy atom. The molecule has 88 valence electrons. The maximum Gasteiger partial charge on any atom is 0.185 e. The Bertz CT molecular complexity index is 145. The number of hydrogen-bond donors (Lipinski definition) is 0. The van der Waals surface area contributed by atoms with E-state index in [9.17, 15) is 0 Å². The molecule has 0 aromatic heterocycles. The molecule has 1 aliphatic heterocycles. The zero-order valence-corrected chi connectivity index (χ0v) is 10.7. The Morgan fingerprint density at radius 3 is 2.13 bits per heavy atom. The molecule has 1 aliphatic rings. The molecule has 1 rings (SSSR count). The van der Waals surface area contributed by atoms with Crippen molar-refractivity contribution < 1.29 is 0 Å². The molecule has 1 saturated heterocycles. The van der Waals surface area contributed by atoms with Gasteiger partial charge in [-0.3, -0.25) is 0 Å². The largest absolute Gasteiger partial charge is 0.346 e. The molecule has 0 radical (unpaired) electrons. The van der Waals surface area contributed by atoms with E-state index in [1.54, 1.807) is 0 Å². The Balaban J connectivity index is 1.87. The van der Waals surface area contributed by atoms with E-state index in [1.807, 2.05) is 0 Å². The van der Waals surface area contributed by atoms with Crippen LogP contribution in [0.5, 0.6) is 0 Å². The Labute approximate surface area is 96.4 Å². The van der Waals surface area contributed by atoms with Crippen molar-refractivity contribution in [2.24, 2.45) is 0 Å². The number of rotatable bonds is 7. The average Bonchev–Trinajstić information content (AvgIpc) is 2.26. The van der Waals surface area contributed by atoms with E-state index in [4.69, 9.17) is 0 Å². The van der Waals surface area contributed by atoms with E-state index in [2.05, 4.69) is 24.6 Å². The first kappa shape index (κ1) is 13.1. The van der Waals surface area contributed by atoms with Crippen LogP contribution in [0.4, 0.5) is 0 Å². The summed E-state index contributed by atoms with van der Waals surface area (Å²) in [7, 11) is 2.22. The third kappa shape index (κ3) is 6.21. The van der Waals surface area contributed by atoms with E-state index >= 15 is 0 Å². The molecule has 0 aromatic rings. The summed E-state index contributed by atoms with van der Waals surface area (Å²) >= 11 is 0. The fourth-order valence-corrected chi connectivity index (χ4v) is 2.19. The second-order valence-electron chi connectivity index (χ2n) is 4.91. The van der Waals surface area contributed by atoms with Gasteiger partial charge in [-0.2, -0.15) is 0 Å². The summed E-state index contributed by atoms with van der Waals surface area (Å²) in [5.41, 5.74) is 0. The van der Waals surface area contributed by atoms with Crippen LogP contribution in [0, 0.1) is 0 Å². The predicted molar refractivity (Wildman–Crippen MR) is 69.9 cm³/mol. The summed E-state index contributed by atoms with van der Waals surface area (Å²) in [6, 6.07) is 0. The van der Waals surface area contributed by atoms with Gasteiger partial charge in [0.05, 0.1) is 0 Å². The molecule has 0 aromatic carbocycles. The van der Waals surface area contributed by atoms with Crippen LogP contribution in [-0.2, 0) is 0 Å². The van der Waals surface area contributed by atoms with Gasteiger partial charge in [-0.1, -0.05) is 39.0 Å². The van der Waals surface area contributed by atoms with E-state index < -0.39 is 0 Å². The van der Waals surface area contributed by atoms with Gasteiger partial charge in [0.25, 0.3) is 0 Å². The van der Waals surface area contributed by atoms with Crippen LogP contribution in [0.2, 0.25) is 0 Å². The van der Waals surface area contributed by atoms with Crippen molar-refractivity contribution in [3.05, 3.63) is 0 Å². The summed E-state index contributed by atoms with van der Waals surface area (Å²) in [5, 5.41) is 0. The van der Waals surface area contributed by atoms with Crippen molar-refractivity contribution in [1.29, 1.82) is 0 Å². The Kier molecular flexibility index (Phi) is 7.11. The maximum atomic E-state index is 2.62. The summed E-state index contributed by atoms with van der Waals surface area (Å²) in [4.78, 5) is 5.05. The maximum absolute atomic E-state index is 2.62. The van der Waals surface area contributed by atoms with Gasteiger partial charge in [-0.25, -0.2) is 0 Å². The highest BCUT2D eigenvalue weighted by Crippen LogP contribution is 2.07. The fourth-order valence-electron chi connectivity index (χ4n) is 2.19. The van der Waals surface area contributed by atoms with E-state index in [1.165, 1.54) is 71.2 Å². The molecule has 0 bridgehead atoms. The fraction of sp³-hybridized carbons (Fsp3) is 1.00. The first-order chi connectivity index (χ1) is 7.33. The standard InChI is InChI=1S/C12H27BN2/c1-2-3-4-5-6-7-8-14-9-11-15(13)12-10-14/h2-13H2,1H3. The smallest absolute Gasteiger partial charge is 0.185 e. The second-order valence-corrected chi connectivity index (χ2v) is 4.91. The summed E-state index contributed by atoms with van der Waals surface area (Å²) in [6.45, 7) is 8.70. The lowest BCUT2D eigenvalue weighted by atomic mass is 10.1. The van der Waals surface area contributed by atoms with Crippen LogP contribution in [0.15, 0.2) is 0 Å². The SMILES string of the molecule is BN1CCN(CCCCCCCC)CC1. The van der Waals surface area contributed by atoms with Crippen molar-refractivity contribution >= 4 is 7.98 Å². The van der Waals surface area contributed by atoms with E-state index in [-0.39, 0.29) is 0 Å². The van der Waals surface area contributed by atoms with E-state index in [0.717, 1.165) is 0 Å². The summed E-state index contributed by atoms with van der Waals surface area (Å²) in [6.07, 6.45) is 8.52. The van der Waals surface area contributed by atoms with Crippen molar-refractivity contribution in [2.45, 2.75) is 45.4 Å². The van der Waals surface area contributed by atoms with Crippen LogP contribution in [-0.4, -0.2) is 50.4 Å². The highest BCUT2D eigenvalue weighted by molar-refractivity contribution is 6.04. The minimum atomic E-state index is 1.26. The Hall–Kier alpha value is -0.0151. The van der Waals surface area contributed by atoms with Gasteiger partial charge in [0.1, 0.15) is 0 Å². The number of unbranched alkanes of at least 4 members (excludes halogenated alkanes) is 5. The first-order valence-electron chi connectivity index (χ1n) is 6.74. The van der Waals surface area contributed by atoms with Crippen molar-refractivity contribution in [2.75, 3.05) is 32.7 Å². The van der Waals surface area contributed by atoms with Crippen LogP contribution < -0.4 is 0 Å². The third-order valence-electron chi connectivity index (χ3n) is 3.42. The number of hydrogen-bond acceptors (Lipinski definition) is 2. The Morgan fingerprint density at radius 1 is 0.867 bits per heavy atom. The highest BCUT2D eigenvalue weighted by atomic mass is 15.2. The molecule has 0 aliphatic carbocycles. The molecule has 1 heterocycles. The summed E-state index contributed by atoms with van der Waals surface area (Å²) in [5.74, 6) is 0. The molecule has 0 saturated carbocycles. The second kappa shape index (κ2) is 8.17. The van der Waals surface area contributed by atoms with E-state index in [0.29, 0.717) is 0 Å². The van der Waals surface area contributed by atoms with Gasteiger partial charge in [-0.05, 0) is 26.1 Å². The average molecular weight is 210 g/mol. The van der Waals surface area contributed by atoms with Gasteiger partial charge < -0.3 is 9.71 Å². The molecule has 0 atom stereocenters. The van der Waals surface area contributed by atoms with Gasteiger partial charge in [0, 0.05) is 13.1 Å². The molecular weight excluding hydrogens is 183 g/mol. The van der Waals surface area contributed by atoms with Gasteiger partial charge >= 0.3 is 0 Å². The zero-order valence-electron chi connectivity index (χ0n) is 10.7. The van der Waals surface area contributed by atoms with Crippen LogP contribution in [0.3, 0.4) is 0 Å². The minimum Gasteiger partial charge on any atom is -0.346 e. The van der Waals surface area contributed by atoms with Gasteiger partial charge in [-0.15, -0.1) is 0 Å². The summed E-state index contributed by atoms with van der Waals surface area (Å²) < 4.78 is 0. The van der Waals surface area contributed by atoms with Crippen molar-refractivity contribution in [3.8, 4) is 0 Å². The lowest BCUT2D eigenvalue weighted by molar-refractivity contribution is 0.188. The lowest BCUT2D eigenvalue weighted by Gasteiger charge is -2.32. The normalized spacial score (nSPS) is 19.5. The topological polar surface area (TPSA) is 6.48 Å². The van der Waals surface area contributed by atoms with Crippen molar-refractivity contribution in [3.63, 3.8) is 0 Å². The molecule has 0 amide bonds. The molecule has 0 spiro atoms. The van der Waals surface area contributed by atoms with Crippen LogP contribution in [0.1, 0.15) is 45.4 Å². The molecule has 15 heavy (non-hydrogen) atoms. The lowest BCUT2D eigenvalue weighted by Crippen LogP contribution is -2.45. The predicted octanol–water partition coefficient (Wildman–Crippen LogP) is 1.51. The van der Waals surface area contributed by atoms with Crippen LogP contribution >= 0.6 is 0 Å². The monoisotopic (exact) mass is 210 g/mol. The van der Waals surface area contributed by atoms with Crippen molar-refractivity contribution in [1.82, 2.24) is 9.71 Å².